The Morgan fingerprint density at radius 2 is 2.15 bits per heavy atom. The second-order valence-corrected chi connectivity index (χ2v) is 6.61. The molecule has 3 rings (SSSR count). The van der Waals surface area contributed by atoms with Crippen molar-refractivity contribution in [3.05, 3.63) is 35.5 Å². The van der Waals surface area contributed by atoms with E-state index in [9.17, 15) is 0 Å². The number of nitrogens with zero attached hydrogens (tertiary/aromatic N) is 2. The molecule has 1 aliphatic rings. The molecule has 0 saturated carbocycles. The first-order valence-corrected chi connectivity index (χ1v) is 9.13. The third-order valence-corrected chi connectivity index (χ3v) is 4.64. The molecule has 0 spiro atoms. The van der Waals surface area contributed by atoms with E-state index in [1.165, 1.54) is 22.0 Å². The number of hydrogen-bond donors (Lipinski definition) is 3. The highest BCUT2D eigenvalue weighted by Gasteiger charge is 2.09. The predicted molar refractivity (Wildman–Crippen MR) is 119 cm³/mol. The van der Waals surface area contributed by atoms with Crippen LogP contribution in [0.15, 0.2) is 29.4 Å². The van der Waals surface area contributed by atoms with Crippen LogP contribution in [0.5, 0.6) is 0 Å². The highest BCUT2D eigenvalue weighted by Crippen LogP contribution is 2.19. The molecular formula is C19H30IN5O. The summed E-state index contributed by atoms with van der Waals surface area (Å²) >= 11 is 0. The molecule has 0 radical (unpaired) electrons. The number of rotatable bonds is 7. The fraction of sp³-hybridized carbons (Fsp3) is 0.526. The number of aliphatic imine (C=N–C) groups is 1. The number of morpholine rings is 1. The number of aryl methyl sites for hydroxylation is 1. The van der Waals surface area contributed by atoms with Crippen molar-refractivity contribution >= 4 is 40.8 Å². The molecule has 7 heteroatoms. The summed E-state index contributed by atoms with van der Waals surface area (Å²) in [4.78, 5) is 10.2. The molecule has 0 unspecified atom stereocenters. The second kappa shape index (κ2) is 10.7. The van der Waals surface area contributed by atoms with Gasteiger partial charge >= 0.3 is 0 Å². The molecule has 1 aliphatic heterocycles. The Balaban J connectivity index is 0.00000243. The van der Waals surface area contributed by atoms with E-state index in [1.54, 1.807) is 0 Å². The summed E-state index contributed by atoms with van der Waals surface area (Å²) in [5, 5.41) is 4.50. The van der Waals surface area contributed by atoms with Crippen LogP contribution in [-0.4, -0.2) is 61.8 Å². The van der Waals surface area contributed by atoms with Crippen molar-refractivity contribution in [1.82, 2.24) is 15.2 Å². The minimum absolute atomic E-state index is 0. The number of nitrogens with two attached hydrogens (primary N) is 1. The first-order valence-electron chi connectivity index (χ1n) is 9.13. The van der Waals surface area contributed by atoms with Gasteiger partial charge in [0.25, 0.3) is 0 Å². The van der Waals surface area contributed by atoms with Gasteiger partial charge in [0.1, 0.15) is 0 Å². The van der Waals surface area contributed by atoms with E-state index in [0.717, 1.165) is 58.8 Å². The fourth-order valence-corrected chi connectivity index (χ4v) is 3.21. The Bertz CT molecular complexity index is 709. The van der Waals surface area contributed by atoms with Crippen LogP contribution in [0.3, 0.4) is 0 Å². The maximum absolute atomic E-state index is 5.96. The van der Waals surface area contributed by atoms with Crippen molar-refractivity contribution in [1.29, 1.82) is 0 Å². The average Bonchev–Trinajstić information content (AvgIpc) is 3.02. The van der Waals surface area contributed by atoms with Gasteiger partial charge in [-0.15, -0.1) is 24.0 Å². The third kappa shape index (κ3) is 6.14. The van der Waals surface area contributed by atoms with Crippen LogP contribution in [-0.2, 0) is 11.2 Å². The minimum Gasteiger partial charge on any atom is -0.379 e. The Hall–Kier alpha value is -1.32. The van der Waals surface area contributed by atoms with Crippen LogP contribution in [0.2, 0.25) is 0 Å². The molecule has 1 fully saturated rings. The van der Waals surface area contributed by atoms with Gasteiger partial charge in [-0.05, 0) is 37.0 Å². The number of aromatic amines is 1. The van der Waals surface area contributed by atoms with Gasteiger partial charge in [-0.2, -0.15) is 0 Å². The number of guanidine groups is 1. The second-order valence-electron chi connectivity index (χ2n) is 6.61. The summed E-state index contributed by atoms with van der Waals surface area (Å²) in [6.07, 6.45) is 4.04. The van der Waals surface area contributed by atoms with Crippen molar-refractivity contribution in [2.45, 2.75) is 19.8 Å². The highest BCUT2D eigenvalue weighted by molar-refractivity contribution is 14.0. The van der Waals surface area contributed by atoms with Crippen molar-refractivity contribution in [2.75, 3.05) is 45.9 Å². The summed E-state index contributed by atoms with van der Waals surface area (Å²) in [6, 6.07) is 6.51. The Labute approximate surface area is 172 Å². The van der Waals surface area contributed by atoms with E-state index in [2.05, 4.69) is 51.5 Å². The smallest absolute Gasteiger partial charge is 0.188 e. The molecule has 2 heterocycles. The maximum Gasteiger partial charge on any atom is 0.188 e. The largest absolute Gasteiger partial charge is 0.379 e. The van der Waals surface area contributed by atoms with E-state index in [0.29, 0.717) is 5.96 Å². The lowest BCUT2D eigenvalue weighted by molar-refractivity contribution is 0.0377. The van der Waals surface area contributed by atoms with Crippen molar-refractivity contribution < 1.29 is 4.74 Å². The lowest BCUT2D eigenvalue weighted by Gasteiger charge is -2.26. The first-order chi connectivity index (χ1) is 12.2. The predicted octanol–water partition coefficient (Wildman–Crippen LogP) is 2.26. The van der Waals surface area contributed by atoms with Gasteiger partial charge in [0, 0.05) is 49.8 Å². The fourth-order valence-electron chi connectivity index (χ4n) is 3.21. The molecule has 144 valence electrons. The molecule has 1 aromatic heterocycles. The van der Waals surface area contributed by atoms with E-state index < -0.39 is 0 Å². The standard InChI is InChI=1S/C19H29N5O.HI/c1-15-3-4-17-16(14-23-18(17)13-15)5-7-22-19(20)21-6-2-8-24-9-11-25-12-10-24;/h3-4,13-14,23H,2,5-12H2,1H3,(H3,20,21,22);1H. The lowest BCUT2D eigenvalue weighted by Crippen LogP contribution is -2.37. The molecule has 0 aliphatic carbocycles. The molecule has 0 amide bonds. The summed E-state index contributed by atoms with van der Waals surface area (Å²) in [7, 11) is 0. The Morgan fingerprint density at radius 1 is 1.35 bits per heavy atom. The average molecular weight is 471 g/mol. The number of hydrogen-bond acceptors (Lipinski definition) is 3. The van der Waals surface area contributed by atoms with E-state index in [-0.39, 0.29) is 24.0 Å². The summed E-state index contributed by atoms with van der Waals surface area (Å²) in [5.41, 5.74) is 9.74. The molecule has 4 N–H and O–H groups in total. The minimum atomic E-state index is 0. The number of nitrogens with one attached hydrogen (secondary N) is 2. The molecule has 2 aromatic rings. The Morgan fingerprint density at radius 3 is 2.96 bits per heavy atom. The zero-order valence-corrected chi connectivity index (χ0v) is 17.8. The van der Waals surface area contributed by atoms with Gasteiger partial charge < -0.3 is 20.8 Å². The van der Waals surface area contributed by atoms with Crippen LogP contribution < -0.4 is 11.1 Å². The lowest BCUT2D eigenvalue weighted by atomic mass is 10.1. The van der Waals surface area contributed by atoms with Crippen LogP contribution in [0.1, 0.15) is 17.5 Å². The molecule has 0 atom stereocenters. The van der Waals surface area contributed by atoms with E-state index >= 15 is 0 Å². The van der Waals surface area contributed by atoms with Crippen LogP contribution >= 0.6 is 24.0 Å². The number of H-pyrrole nitrogens is 1. The zero-order chi connectivity index (χ0) is 17.5. The van der Waals surface area contributed by atoms with Crippen molar-refractivity contribution in [3.8, 4) is 0 Å². The topological polar surface area (TPSA) is 78.7 Å². The van der Waals surface area contributed by atoms with Gasteiger partial charge in [-0.3, -0.25) is 9.89 Å². The normalized spacial score (nSPS) is 15.8. The van der Waals surface area contributed by atoms with Gasteiger partial charge in [-0.1, -0.05) is 12.1 Å². The van der Waals surface area contributed by atoms with Gasteiger partial charge in [0.05, 0.1) is 13.2 Å². The van der Waals surface area contributed by atoms with Gasteiger partial charge in [0.15, 0.2) is 5.96 Å². The molecule has 1 saturated heterocycles. The molecule has 1 aromatic carbocycles. The highest BCUT2D eigenvalue weighted by atomic mass is 127. The number of ether oxygens (including phenoxy) is 1. The summed E-state index contributed by atoms with van der Waals surface area (Å²) < 4.78 is 5.35. The van der Waals surface area contributed by atoms with E-state index in [4.69, 9.17) is 10.5 Å². The zero-order valence-electron chi connectivity index (χ0n) is 15.5. The molecule has 0 bridgehead atoms. The van der Waals surface area contributed by atoms with Gasteiger partial charge in [-0.25, -0.2) is 0 Å². The van der Waals surface area contributed by atoms with Crippen LogP contribution in [0.4, 0.5) is 0 Å². The number of fused-ring (bicyclic) bond motifs is 1. The van der Waals surface area contributed by atoms with E-state index in [1.807, 2.05) is 0 Å². The number of benzene rings is 1. The third-order valence-electron chi connectivity index (χ3n) is 4.64. The number of aromatic nitrogens is 1. The number of halogens is 1. The Kier molecular flexibility index (Phi) is 8.67. The molecule has 6 nitrogen and oxygen atoms in total. The monoisotopic (exact) mass is 471 g/mol. The van der Waals surface area contributed by atoms with Crippen LogP contribution in [0, 0.1) is 6.92 Å². The molecule has 26 heavy (non-hydrogen) atoms. The van der Waals surface area contributed by atoms with Crippen molar-refractivity contribution in [3.63, 3.8) is 0 Å². The molecular weight excluding hydrogens is 441 g/mol. The van der Waals surface area contributed by atoms with Crippen molar-refractivity contribution in [2.24, 2.45) is 10.7 Å². The first kappa shape index (κ1) is 21.0. The quantitative estimate of drug-likeness (QED) is 0.251. The SMILES string of the molecule is Cc1ccc2c(CCNC(N)=NCCCN3CCOCC3)c[nH]c2c1.I. The van der Waals surface area contributed by atoms with Gasteiger partial charge in [0.2, 0.25) is 0 Å². The summed E-state index contributed by atoms with van der Waals surface area (Å²) in [5.74, 6) is 0.540. The van der Waals surface area contributed by atoms with Crippen LogP contribution in [0.25, 0.3) is 10.9 Å². The summed E-state index contributed by atoms with van der Waals surface area (Å²) in [6.45, 7) is 8.48. The maximum atomic E-state index is 5.96.